The second-order valence-electron chi connectivity index (χ2n) is 17.1. The van der Waals surface area contributed by atoms with E-state index in [9.17, 15) is 22.4 Å². The molecule has 2 atom stereocenters. The molecular weight excluding hydrogens is 722 g/mol. The molecule has 2 aliphatic rings. The molecule has 1 fully saturated rings. The first-order valence-corrected chi connectivity index (χ1v) is 20.3. The van der Waals surface area contributed by atoms with E-state index in [1.54, 1.807) is 20.8 Å². The minimum atomic E-state index is -4.17. The number of hydrogen-bond acceptors (Lipinski definition) is 4. The van der Waals surface area contributed by atoms with Crippen molar-refractivity contribution in [1.82, 2.24) is 10.6 Å². The van der Waals surface area contributed by atoms with Crippen molar-refractivity contribution < 1.29 is 31.5 Å². The van der Waals surface area contributed by atoms with E-state index in [4.69, 9.17) is 5.41 Å². The van der Waals surface area contributed by atoms with Gasteiger partial charge in [-0.3, -0.25) is 4.79 Å². The molecule has 5 nitrogen and oxygen atoms in total. The van der Waals surface area contributed by atoms with Crippen LogP contribution in [0.4, 0.5) is 22.0 Å². The molecule has 2 unspecified atom stereocenters. The van der Waals surface area contributed by atoms with Crippen molar-refractivity contribution in [1.29, 1.82) is 5.41 Å². The number of allylic oxidation sites excluding steroid dienone is 5. The summed E-state index contributed by atoms with van der Waals surface area (Å²) >= 11 is 0. The van der Waals surface area contributed by atoms with Crippen LogP contribution in [0.1, 0.15) is 137 Å². The van der Waals surface area contributed by atoms with Crippen molar-refractivity contribution >= 4 is 12.6 Å². The van der Waals surface area contributed by atoms with Crippen molar-refractivity contribution in [2.24, 2.45) is 23.2 Å². The van der Waals surface area contributed by atoms with E-state index in [-0.39, 0.29) is 28.9 Å². The average molecular weight is 794 g/mol. The number of nitrogens with one attached hydrogen (secondary N) is 3. The van der Waals surface area contributed by atoms with Gasteiger partial charge in [-0.15, -0.1) is 0 Å². The van der Waals surface area contributed by atoms with Crippen LogP contribution in [0.3, 0.4) is 0 Å². The number of benzene rings is 1. The summed E-state index contributed by atoms with van der Waals surface area (Å²) in [6, 6.07) is 7.89. The zero-order chi connectivity index (χ0) is 42.7. The third kappa shape index (κ3) is 19.3. The highest BCUT2D eigenvalue weighted by molar-refractivity contribution is 5.79. The lowest BCUT2D eigenvalue weighted by atomic mass is 9.72. The highest BCUT2D eigenvalue weighted by Crippen LogP contribution is 2.43. The highest BCUT2D eigenvalue weighted by atomic mass is 19.4. The van der Waals surface area contributed by atoms with Crippen molar-refractivity contribution in [2.45, 2.75) is 149 Å². The van der Waals surface area contributed by atoms with Gasteiger partial charge >= 0.3 is 6.18 Å². The van der Waals surface area contributed by atoms with Gasteiger partial charge in [0.2, 0.25) is 5.91 Å². The van der Waals surface area contributed by atoms with E-state index in [1.807, 2.05) is 31.3 Å². The van der Waals surface area contributed by atoms with Gasteiger partial charge < -0.3 is 20.8 Å². The Morgan fingerprint density at radius 3 is 2.18 bits per heavy atom. The third-order valence-corrected chi connectivity index (χ3v) is 11.0. The predicted molar refractivity (Wildman–Crippen MR) is 223 cm³/mol. The van der Waals surface area contributed by atoms with Crippen LogP contribution in [0, 0.1) is 28.6 Å². The van der Waals surface area contributed by atoms with Crippen LogP contribution in [0.5, 0.6) is 0 Å². The van der Waals surface area contributed by atoms with Gasteiger partial charge in [0.25, 0.3) is 0 Å². The fourth-order valence-electron chi connectivity index (χ4n) is 7.20. The molecule has 3 rings (SSSR count). The summed E-state index contributed by atoms with van der Waals surface area (Å²) in [6.45, 7) is 23.4. The maximum absolute atomic E-state index is 15.0. The molecule has 10 heteroatoms. The number of carbonyl (C=O) groups is 1. The lowest BCUT2D eigenvalue weighted by Gasteiger charge is -2.36. The Morgan fingerprint density at radius 2 is 1.66 bits per heavy atom. The van der Waals surface area contributed by atoms with Gasteiger partial charge in [0.05, 0.1) is 13.0 Å². The quantitative estimate of drug-likeness (QED) is 0.0675. The number of amides is 1. The molecule has 0 bridgehead atoms. The highest BCUT2D eigenvalue weighted by Gasteiger charge is 2.35. The molecule has 1 aromatic rings. The van der Waals surface area contributed by atoms with E-state index in [2.05, 4.69) is 69.0 Å². The van der Waals surface area contributed by atoms with Crippen LogP contribution in [-0.4, -0.2) is 44.7 Å². The SMILES string of the molecule is C=CC(=C)OCCC(F)(F)F.C=N.CCC(C)CCC(CCNC)/C1=C(Cc2ccc(C(C)(C)F)cc2)/C(C2CCC(C)(F)CC2)=C/CCC(C)(C)CC(=O)N1. The van der Waals surface area contributed by atoms with Crippen LogP contribution in [-0.2, 0) is 21.6 Å². The van der Waals surface area contributed by atoms with Crippen LogP contribution >= 0.6 is 0 Å². The van der Waals surface area contributed by atoms with Gasteiger partial charge in [0, 0.05) is 18.0 Å². The van der Waals surface area contributed by atoms with Crippen molar-refractivity contribution in [3.05, 3.63) is 83.3 Å². The number of hydrogen-bond donors (Lipinski definition) is 3. The number of carbonyl (C=O) groups excluding carboxylic acids is 1. The molecule has 1 amide bonds. The number of halogens is 5. The lowest BCUT2D eigenvalue weighted by Crippen LogP contribution is -2.35. The fourth-order valence-corrected chi connectivity index (χ4v) is 7.20. The first-order chi connectivity index (χ1) is 26.1. The third-order valence-electron chi connectivity index (χ3n) is 11.0. The summed E-state index contributed by atoms with van der Waals surface area (Å²) in [6.07, 6.45) is 8.49. The Kier molecular flexibility index (Phi) is 21.6. The van der Waals surface area contributed by atoms with Crippen molar-refractivity contribution in [3.63, 3.8) is 0 Å². The molecule has 1 aliphatic carbocycles. The molecule has 3 N–H and O–H groups in total. The Labute approximate surface area is 335 Å². The van der Waals surface area contributed by atoms with Crippen LogP contribution in [0.2, 0.25) is 0 Å². The topological polar surface area (TPSA) is 74.2 Å². The van der Waals surface area contributed by atoms with E-state index in [0.29, 0.717) is 37.2 Å². The molecule has 0 aromatic heterocycles. The summed E-state index contributed by atoms with van der Waals surface area (Å²) < 4.78 is 68.7. The maximum atomic E-state index is 15.0. The van der Waals surface area contributed by atoms with Gasteiger partial charge in [-0.05, 0) is 144 Å². The maximum Gasteiger partial charge on any atom is 0.392 e. The monoisotopic (exact) mass is 794 g/mol. The van der Waals surface area contributed by atoms with E-state index in [1.165, 1.54) is 17.2 Å². The summed E-state index contributed by atoms with van der Waals surface area (Å²) in [7, 11) is 1.99. The predicted octanol–water partition coefficient (Wildman–Crippen LogP) is 12.8. The first-order valence-electron chi connectivity index (χ1n) is 20.3. The molecule has 0 saturated heterocycles. The number of ether oxygens (including phenoxy) is 1. The minimum absolute atomic E-state index is 0.0891. The van der Waals surface area contributed by atoms with Gasteiger partial charge in [0.1, 0.15) is 17.1 Å². The van der Waals surface area contributed by atoms with E-state index in [0.717, 1.165) is 69.2 Å². The number of rotatable bonds is 16. The van der Waals surface area contributed by atoms with Gasteiger partial charge in [0.15, 0.2) is 0 Å². The zero-order valence-electron chi connectivity index (χ0n) is 35.6. The Morgan fingerprint density at radius 1 is 1.05 bits per heavy atom. The summed E-state index contributed by atoms with van der Waals surface area (Å²) in [5.74, 6) is 1.32. The Balaban J connectivity index is 0.00000104. The summed E-state index contributed by atoms with van der Waals surface area (Å²) in [4.78, 5) is 13.7. The van der Waals surface area contributed by atoms with E-state index < -0.39 is 30.5 Å². The van der Waals surface area contributed by atoms with Crippen LogP contribution in [0.25, 0.3) is 0 Å². The Bertz CT molecular complexity index is 1410. The van der Waals surface area contributed by atoms with Gasteiger partial charge in [-0.2, -0.15) is 13.2 Å². The number of alkyl halides is 5. The largest absolute Gasteiger partial charge is 0.494 e. The molecule has 1 heterocycles. The smallest absolute Gasteiger partial charge is 0.392 e. The molecule has 0 spiro atoms. The molecule has 1 aromatic carbocycles. The zero-order valence-corrected chi connectivity index (χ0v) is 35.6. The normalized spacial score (nSPS) is 23.7. The molecule has 1 saturated carbocycles. The van der Waals surface area contributed by atoms with Crippen molar-refractivity contribution in [3.8, 4) is 0 Å². The molecular formula is C46H72F5N3O2. The summed E-state index contributed by atoms with van der Waals surface area (Å²) in [5.41, 5.74) is 2.73. The second kappa shape index (κ2) is 23.8. The van der Waals surface area contributed by atoms with E-state index >= 15 is 4.39 Å². The standard InChI is InChI=1S/C38H60F2N2O.C7H9F3O.CH3N/c1-9-27(2)12-15-30(20-24-41-8)35-33(25-28-13-16-31(17-14-28)37(5,6)39)32(29-18-22-38(7,40)23-19-29)11-10-21-36(3,4)26-34(43)42-35;1-3-6(2)11-5-4-7(8,9)10;1-2/h11,13-14,16-17,27,29-30,41H,9-10,12,15,18-26H2,1-8H3,(H,42,43);3H,1-2,4-5H2;2H,1H2/b32-11+,35-33-;;. The van der Waals surface area contributed by atoms with Gasteiger partial charge in [-0.25, -0.2) is 8.78 Å². The fraction of sp³-hybridized carbons (Fsp3) is 0.652. The van der Waals surface area contributed by atoms with Crippen LogP contribution in [0.15, 0.2) is 72.2 Å². The molecule has 1 aliphatic heterocycles. The molecule has 56 heavy (non-hydrogen) atoms. The van der Waals surface area contributed by atoms with Crippen LogP contribution < -0.4 is 10.6 Å². The minimum Gasteiger partial charge on any atom is -0.494 e. The van der Waals surface area contributed by atoms with Gasteiger partial charge in [-0.1, -0.05) is 84.0 Å². The first kappa shape index (κ1) is 50.7. The van der Waals surface area contributed by atoms with Crippen molar-refractivity contribution in [2.75, 3.05) is 20.2 Å². The lowest BCUT2D eigenvalue weighted by molar-refractivity contribution is -0.142. The molecule has 318 valence electrons. The summed E-state index contributed by atoms with van der Waals surface area (Å²) in [5, 5.41) is 12.4. The average Bonchev–Trinajstić information content (AvgIpc) is 3.12. The Hall–Kier alpha value is -3.27. The second-order valence-corrected chi connectivity index (χ2v) is 17.1. The molecule has 0 radical (unpaired) electrons.